The van der Waals surface area contributed by atoms with Gasteiger partial charge in [0.05, 0.1) is 14.2 Å². The smallest absolute Gasteiger partial charge is 0.119 e. The third-order valence-corrected chi connectivity index (χ3v) is 5.71. The summed E-state index contributed by atoms with van der Waals surface area (Å²) in [6, 6.07) is 19.6. The summed E-state index contributed by atoms with van der Waals surface area (Å²) in [5, 5.41) is 25.7. The van der Waals surface area contributed by atoms with E-state index in [0.29, 0.717) is 0 Å². The van der Waals surface area contributed by atoms with Crippen LogP contribution in [0.3, 0.4) is 0 Å². The summed E-state index contributed by atoms with van der Waals surface area (Å²) in [7, 11) is 3.28. The molecule has 0 bridgehead atoms. The zero-order valence-corrected chi connectivity index (χ0v) is 15.6. The van der Waals surface area contributed by atoms with Gasteiger partial charge in [-0.2, -0.15) is 0 Å². The number of fused-ring (bicyclic) bond motifs is 7. The second-order valence-corrected chi connectivity index (χ2v) is 7.12. The molecule has 4 aromatic carbocycles. The molecule has 0 spiro atoms. The lowest BCUT2D eigenvalue weighted by atomic mass is 9.77. The molecule has 0 amide bonds. The Bertz CT molecular complexity index is 1130. The first-order valence-electron chi connectivity index (χ1n) is 9.20. The summed E-state index contributed by atoms with van der Waals surface area (Å²) in [5.41, 5.74) is 3.30. The van der Waals surface area contributed by atoms with Crippen LogP contribution in [-0.4, -0.2) is 24.4 Å². The van der Waals surface area contributed by atoms with E-state index in [9.17, 15) is 10.2 Å². The van der Waals surface area contributed by atoms with Gasteiger partial charge in [-0.05, 0) is 68.1 Å². The van der Waals surface area contributed by atoms with E-state index in [1.54, 1.807) is 14.2 Å². The Morgan fingerprint density at radius 1 is 0.607 bits per heavy atom. The fourth-order valence-electron chi connectivity index (χ4n) is 4.28. The van der Waals surface area contributed by atoms with Crippen molar-refractivity contribution in [2.24, 2.45) is 0 Å². The van der Waals surface area contributed by atoms with Crippen molar-refractivity contribution in [3.63, 3.8) is 0 Å². The summed E-state index contributed by atoms with van der Waals surface area (Å²) < 4.78 is 10.9. The van der Waals surface area contributed by atoms with Crippen LogP contribution < -0.4 is 9.47 Å². The molecular weight excluding hydrogens is 352 g/mol. The first kappa shape index (κ1) is 17.0. The van der Waals surface area contributed by atoms with Crippen molar-refractivity contribution in [3.8, 4) is 22.6 Å². The number of hydrogen-bond acceptors (Lipinski definition) is 4. The molecule has 4 nitrogen and oxygen atoms in total. The van der Waals surface area contributed by atoms with Gasteiger partial charge in [-0.3, -0.25) is 0 Å². The van der Waals surface area contributed by atoms with Crippen molar-refractivity contribution in [1.82, 2.24) is 0 Å². The number of hydrogen-bond donors (Lipinski definition) is 2. The Balaban J connectivity index is 1.97. The Morgan fingerprint density at radius 3 is 1.39 bits per heavy atom. The van der Waals surface area contributed by atoms with Crippen LogP contribution in [0.25, 0.3) is 32.7 Å². The van der Waals surface area contributed by atoms with Crippen LogP contribution in [0.1, 0.15) is 23.3 Å². The van der Waals surface area contributed by atoms with Gasteiger partial charge >= 0.3 is 0 Å². The average molecular weight is 372 g/mol. The predicted molar refractivity (Wildman–Crippen MR) is 110 cm³/mol. The zero-order valence-electron chi connectivity index (χ0n) is 15.6. The highest BCUT2D eigenvalue weighted by Crippen LogP contribution is 2.50. The number of benzene rings is 4. The highest BCUT2D eigenvalue weighted by molar-refractivity contribution is 6.09. The SMILES string of the molecule is COc1ccc2ccc3c(c2c1)-c1c(ccc2ccc(OC)cc12)[C@@H](O)[C@@H]3O. The van der Waals surface area contributed by atoms with Gasteiger partial charge in [-0.25, -0.2) is 0 Å². The lowest BCUT2D eigenvalue weighted by molar-refractivity contribution is 0.0160. The number of ether oxygens (including phenoxy) is 2. The molecule has 0 saturated heterocycles. The second-order valence-electron chi connectivity index (χ2n) is 7.12. The predicted octanol–water partition coefficient (Wildman–Crippen LogP) is 4.76. The van der Waals surface area contributed by atoms with Gasteiger partial charge in [0.15, 0.2) is 0 Å². The van der Waals surface area contributed by atoms with Crippen molar-refractivity contribution in [2.45, 2.75) is 12.2 Å². The van der Waals surface area contributed by atoms with Gasteiger partial charge in [-0.15, -0.1) is 0 Å². The molecule has 5 rings (SSSR count). The highest BCUT2D eigenvalue weighted by atomic mass is 16.5. The molecule has 2 atom stereocenters. The first-order chi connectivity index (χ1) is 13.6. The maximum atomic E-state index is 10.8. The van der Waals surface area contributed by atoms with E-state index in [1.165, 1.54) is 0 Å². The normalized spacial score (nSPS) is 18.0. The Hall–Kier alpha value is -3.08. The summed E-state index contributed by atoms with van der Waals surface area (Å²) in [5.74, 6) is 1.50. The van der Waals surface area contributed by atoms with Gasteiger partial charge in [0, 0.05) is 0 Å². The molecule has 28 heavy (non-hydrogen) atoms. The van der Waals surface area contributed by atoms with Crippen LogP contribution in [0.5, 0.6) is 11.5 Å². The summed E-state index contributed by atoms with van der Waals surface area (Å²) >= 11 is 0. The van der Waals surface area contributed by atoms with Gasteiger partial charge in [0.25, 0.3) is 0 Å². The number of aliphatic hydroxyl groups excluding tert-OH is 2. The van der Waals surface area contributed by atoms with Crippen molar-refractivity contribution in [2.75, 3.05) is 14.2 Å². The molecule has 1 aliphatic rings. The third kappa shape index (κ3) is 2.32. The summed E-state index contributed by atoms with van der Waals surface area (Å²) in [6.07, 6.45) is -1.97. The van der Waals surface area contributed by atoms with E-state index < -0.39 is 12.2 Å². The molecule has 4 aromatic rings. The highest BCUT2D eigenvalue weighted by Gasteiger charge is 2.33. The molecule has 0 saturated carbocycles. The molecule has 1 aliphatic carbocycles. The van der Waals surface area contributed by atoms with Gasteiger partial charge < -0.3 is 19.7 Å². The van der Waals surface area contributed by atoms with Crippen LogP contribution in [-0.2, 0) is 0 Å². The van der Waals surface area contributed by atoms with E-state index in [-0.39, 0.29) is 0 Å². The topological polar surface area (TPSA) is 58.9 Å². The maximum absolute atomic E-state index is 10.8. The van der Waals surface area contributed by atoms with Gasteiger partial charge in [0.1, 0.15) is 23.7 Å². The minimum atomic E-state index is -0.985. The Kier molecular flexibility index (Phi) is 3.79. The van der Waals surface area contributed by atoms with Crippen molar-refractivity contribution in [1.29, 1.82) is 0 Å². The fourth-order valence-corrected chi connectivity index (χ4v) is 4.28. The largest absolute Gasteiger partial charge is 0.497 e. The fraction of sp³-hybridized carbons (Fsp3) is 0.167. The van der Waals surface area contributed by atoms with Crippen molar-refractivity contribution in [3.05, 3.63) is 71.8 Å². The van der Waals surface area contributed by atoms with Crippen LogP contribution in [0.15, 0.2) is 60.7 Å². The van der Waals surface area contributed by atoms with E-state index in [4.69, 9.17) is 9.47 Å². The lowest BCUT2D eigenvalue weighted by Gasteiger charge is -2.31. The first-order valence-corrected chi connectivity index (χ1v) is 9.20. The number of methoxy groups -OCH3 is 2. The van der Waals surface area contributed by atoms with Crippen molar-refractivity contribution < 1.29 is 19.7 Å². The molecule has 0 aliphatic heterocycles. The van der Waals surface area contributed by atoms with E-state index >= 15 is 0 Å². The monoisotopic (exact) mass is 372 g/mol. The molecule has 2 N–H and O–H groups in total. The molecule has 0 radical (unpaired) electrons. The van der Waals surface area contributed by atoms with E-state index in [2.05, 4.69) is 0 Å². The second kappa shape index (κ2) is 6.23. The molecule has 0 heterocycles. The van der Waals surface area contributed by atoms with Gasteiger partial charge in [-0.1, -0.05) is 36.4 Å². The summed E-state index contributed by atoms with van der Waals surface area (Å²) in [4.78, 5) is 0. The number of aliphatic hydroxyl groups is 2. The average Bonchev–Trinajstić information content (AvgIpc) is 2.75. The zero-order chi connectivity index (χ0) is 19.4. The minimum Gasteiger partial charge on any atom is -0.497 e. The summed E-state index contributed by atoms with van der Waals surface area (Å²) in [6.45, 7) is 0. The molecular formula is C24H20O4. The molecule has 0 fully saturated rings. The van der Waals surface area contributed by atoms with Crippen LogP contribution in [0.4, 0.5) is 0 Å². The quantitative estimate of drug-likeness (QED) is 0.533. The lowest BCUT2D eigenvalue weighted by Crippen LogP contribution is -2.17. The maximum Gasteiger partial charge on any atom is 0.119 e. The Morgan fingerprint density at radius 2 is 1.00 bits per heavy atom. The van der Waals surface area contributed by atoms with Crippen LogP contribution in [0.2, 0.25) is 0 Å². The van der Waals surface area contributed by atoms with Crippen LogP contribution >= 0.6 is 0 Å². The van der Waals surface area contributed by atoms with Crippen LogP contribution in [0, 0.1) is 0 Å². The van der Waals surface area contributed by atoms with Crippen molar-refractivity contribution >= 4 is 21.5 Å². The van der Waals surface area contributed by atoms with Gasteiger partial charge in [0.2, 0.25) is 0 Å². The molecule has 140 valence electrons. The minimum absolute atomic E-state index is 0.719. The molecule has 0 unspecified atom stereocenters. The Labute approximate surface area is 162 Å². The molecule has 4 heteroatoms. The van der Waals surface area contributed by atoms with E-state index in [1.807, 2.05) is 60.7 Å². The standard InChI is InChI=1S/C24H20O4/c1-27-15-7-3-13-5-9-17-21(19(13)11-15)22-18(24(26)23(17)25)10-6-14-4-8-16(28-2)12-20(14)22/h3-12,23-26H,1-2H3/t23-,24-/m1/s1. The molecule has 0 aromatic heterocycles. The van der Waals surface area contributed by atoms with E-state index in [0.717, 1.165) is 55.3 Å². The number of rotatable bonds is 2. The third-order valence-electron chi connectivity index (χ3n) is 5.71.